The second-order valence-electron chi connectivity index (χ2n) is 10.7. The standard InChI is InChI=1S/C32H32F4N6O4S/c1-4-20(3)45-27-13-5-19(2)15-26(27)42-29(43)17-47-31(42)39-30(44)38-25-12-6-21(16-24(25)33)7-14-28-37-18-41(40-28)22-8-10-23(11-9-22)46-32(34,35)36/h5-6,8-13,15-16,18,20,30,38,44H,4,7,14,17H2,1-3H3. The number of carbonyl (C=O) groups is 1. The second kappa shape index (κ2) is 14.4. The number of ether oxygens (including phenoxy) is 2. The number of amides is 1. The number of halogens is 4. The summed E-state index contributed by atoms with van der Waals surface area (Å²) in [6.07, 6.45) is -3.43. The number of aliphatic hydroxyl groups is 1. The normalized spacial score (nSPS) is 15.6. The van der Waals surface area contributed by atoms with E-state index in [0.29, 0.717) is 41.4 Å². The molecule has 248 valence electrons. The Morgan fingerprint density at radius 1 is 1.11 bits per heavy atom. The molecule has 1 aromatic heterocycles. The van der Waals surface area contributed by atoms with Gasteiger partial charge in [-0.3, -0.25) is 9.69 Å². The molecule has 2 heterocycles. The Kier molecular flexibility index (Phi) is 10.3. The number of nitrogens with zero attached hydrogens (tertiary/aromatic N) is 5. The minimum absolute atomic E-state index is 0.0168. The number of benzene rings is 3. The molecule has 1 amide bonds. The largest absolute Gasteiger partial charge is 0.573 e. The molecule has 0 spiro atoms. The van der Waals surface area contributed by atoms with E-state index in [9.17, 15) is 23.1 Å². The summed E-state index contributed by atoms with van der Waals surface area (Å²) in [4.78, 5) is 22.8. The van der Waals surface area contributed by atoms with Crippen molar-refractivity contribution in [3.05, 3.63) is 89.8 Å². The van der Waals surface area contributed by atoms with Crippen LogP contribution in [0, 0.1) is 12.7 Å². The summed E-state index contributed by atoms with van der Waals surface area (Å²) >= 11 is 1.16. The van der Waals surface area contributed by atoms with Crippen LogP contribution in [-0.4, -0.2) is 55.5 Å². The number of carbonyl (C=O) groups excluding carboxylic acids is 1. The third-order valence-electron chi connectivity index (χ3n) is 7.09. The topological polar surface area (TPSA) is 114 Å². The average molecular weight is 673 g/mol. The zero-order valence-corrected chi connectivity index (χ0v) is 26.5. The first-order valence-electron chi connectivity index (χ1n) is 14.7. The lowest BCUT2D eigenvalue weighted by Gasteiger charge is -2.23. The molecular formula is C32H32F4N6O4S. The van der Waals surface area contributed by atoms with Gasteiger partial charge in [0.1, 0.15) is 23.6 Å². The number of alkyl halides is 3. The molecule has 15 heteroatoms. The molecular weight excluding hydrogens is 640 g/mol. The number of nitrogens with one attached hydrogen (secondary N) is 1. The van der Waals surface area contributed by atoms with Crippen LogP contribution in [0.3, 0.4) is 0 Å². The maximum Gasteiger partial charge on any atom is 0.573 e. The molecule has 0 bridgehead atoms. The van der Waals surface area contributed by atoms with Gasteiger partial charge in [0.05, 0.1) is 28.9 Å². The van der Waals surface area contributed by atoms with Gasteiger partial charge in [0.15, 0.2) is 11.0 Å². The van der Waals surface area contributed by atoms with Crippen molar-refractivity contribution in [2.24, 2.45) is 4.99 Å². The van der Waals surface area contributed by atoms with Crippen molar-refractivity contribution in [3.8, 4) is 17.2 Å². The molecule has 1 aliphatic heterocycles. The van der Waals surface area contributed by atoms with E-state index in [-0.39, 0.29) is 34.4 Å². The fourth-order valence-electron chi connectivity index (χ4n) is 4.60. The Balaban J connectivity index is 1.21. The fourth-order valence-corrected chi connectivity index (χ4v) is 5.48. The van der Waals surface area contributed by atoms with Gasteiger partial charge in [-0.2, -0.15) is 5.10 Å². The van der Waals surface area contributed by atoms with Gasteiger partial charge in [0.2, 0.25) is 12.3 Å². The quantitative estimate of drug-likeness (QED) is 0.131. The number of aliphatic imine (C=N–C) groups is 1. The summed E-state index contributed by atoms with van der Waals surface area (Å²) < 4.78 is 63.6. The Bertz CT molecular complexity index is 1750. The van der Waals surface area contributed by atoms with Gasteiger partial charge in [-0.15, -0.1) is 13.2 Å². The Morgan fingerprint density at radius 3 is 2.57 bits per heavy atom. The van der Waals surface area contributed by atoms with Crippen LogP contribution >= 0.6 is 11.8 Å². The third-order valence-corrected chi connectivity index (χ3v) is 8.02. The van der Waals surface area contributed by atoms with Crippen LogP contribution in [0.15, 0.2) is 72.0 Å². The number of aryl methyl sites for hydroxylation is 3. The van der Waals surface area contributed by atoms with E-state index < -0.39 is 18.5 Å². The number of hydrogen-bond donors (Lipinski definition) is 2. The van der Waals surface area contributed by atoms with Crippen molar-refractivity contribution in [2.45, 2.75) is 58.9 Å². The lowest BCUT2D eigenvalue weighted by molar-refractivity contribution is -0.274. The van der Waals surface area contributed by atoms with Crippen LogP contribution in [0.25, 0.3) is 5.69 Å². The van der Waals surface area contributed by atoms with Gasteiger partial charge in [-0.05, 0) is 86.3 Å². The van der Waals surface area contributed by atoms with Crippen molar-refractivity contribution in [1.29, 1.82) is 0 Å². The lowest BCUT2D eigenvalue weighted by atomic mass is 10.1. The van der Waals surface area contributed by atoms with Crippen molar-refractivity contribution < 1.29 is 36.9 Å². The van der Waals surface area contributed by atoms with Crippen LogP contribution in [0.4, 0.5) is 28.9 Å². The number of aromatic nitrogens is 3. The van der Waals surface area contributed by atoms with Gasteiger partial charge in [-0.25, -0.2) is 19.0 Å². The molecule has 4 aromatic rings. The van der Waals surface area contributed by atoms with Gasteiger partial charge < -0.3 is 19.9 Å². The number of amidine groups is 1. The molecule has 0 aliphatic carbocycles. The van der Waals surface area contributed by atoms with Crippen molar-refractivity contribution >= 4 is 34.2 Å². The van der Waals surface area contributed by atoms with E-state index >= 15 is 4.39 Å². The first-order chi connectivity index (χ1) is 22.4. The van der Waals surface area contributed by atoms with E-state index in [4.69, 9.17) is 4.74 Å². The van der Waals surface area contributed by atoms with Crippen LogP contribution in [0.5, 0.6) is 11.5 Å². The highest BCUT2D eigenvalue weighted by Crippen LogP contribution is 2.36. The number of aliphatic hydroxyl groups excluding tert-OH is 1. The number of thioether (sulfide) groups is 1. The van der Waals surface area contributed by atoms with Gasteiger partial charge >= 0.3 is 6.36 Å². The van der Waals surface area contributed by atoms with Crippen molar-refractivity contribution in [1.82, 2.24) is 14.8 Å². The molecule has 0 saturated carbocycles. The van der Waals surface area contributed by atoms with Crippen LogP contribution in [0.2, 0.25) is 0 Å². The summed E-state index contributed by atoms with van der Waals surface area (Å²) in [5.74, 6) is -0.0801. The summed E-state index contributed by atoms with van der Waals surface area (Å²) in [5.41, 5.74) is 2.59. The van der Waals surface area contributed by atoms with E-state index in [1.54, 1.807) is 12.1 Å². The molecule has 3 aromatic carbocycles. The first-order valence-corrected chi connectivity index (χ1v) is 15.7. The highest BCUT2D eigenvalue weighted by atomic mass is 32.2. The number of hydrogen-bond acceptors (Lipinski definition) is 9. The molecule has 0 radical (unpaired) electrons. The van der Waals surface area contributed by atoms with Gasteiger partial charge in [0, 0.05) is 6.42 Å². The number of rotatable bonds is 12. The van der Waals surface area contributed by atoms with E-state index in [0.717, 1.165) is 23.7 Å². The van der Waals surface area contributed by atoms with E-state index in [1.807, 2.05) is 32.9 Å². The SMILES string of the molecule is CCC(C)Oc1ccc(C)cc1N1C(=O)CSC1=NC(O)Nc1ccc(CCc2ncn(-c3ccc(OC(F)(F)F)cc3)n2)cc1F. The van der Waals surface area contributed by atoms with E-state index in [2.05, 4.69) is 25.1 Å². The summed E-state index contributed by atoms with van der Waals surface area (Å²) in [7, 11) is 0. The highest BCUT2D eigenvalue weighted by molar-refractivity contribution is 8.15. The predicted octanol–water partition coefficient (Wildman–Crippen LogP) is 6.40. The zero-order valence-electron chi connectivity index (χ0n) is 25.7. The van der Waals surface area contributed by atoms with Gasteiger partial charge in [-0.1, -0.05) is 30.8 Å². The van der Waals surface area contributed by atoms with Crippen LogP contribution < -0.4 is 19.7 Å². The van der Waals surface area contributed by atoms with Gasteiger partial charge in [0.25, 0.3) is 0 Å². The van der Waals surface area contributed by atoms with Crippen LogP contribution in [0.1, 0.15) is 37.2 Å². The minimum Gasteiger partial charge on any atom is -0.489 e. The maximum absolute atomic E-state index is 15.0. The predicted molar refractivity (Wildman–Crippen MR) is 170 cm³/mol. The summed E-state index contributed by atoms with van der Waals surface area (Å²) in [6.45, 7) is 5.83. The molecule has 10 nitrogen and oxygen atoms in total. The number of anilines is 2. The van der Waals surface area contributed by atoms with E-state index in [1.165, 1.54) is 52.3 Å². The Labute approximate surface area is 272 Å². The lowest BCUT2D eigenvalue weighted by Crippen LogP contribution is -2.32. The summed E-state index contributed by atoms with van der Waals surface area (Å²) in [6, 6.07) is 15.2. The molecule has 2 unspecified atom stereocenters. The molecule has 2 N–H and O–H groups in total. The Hall–Kier alpha value is -4.63. The molecule has 47 heavy (non-hydrogen) atoms. The molecule has 1 aliphatic rings. The Morgan fingerprint density at radius 2 is 1.87 bits per heavy atom. The highest BCUT2D eigenvalue weighted by Gasteiger charge is 2.33. The first kappa shape index (κ1) is 33.7. The molecule has 1 saturated heterocycles. The smallest absolute Gasteiger partial charge is 0.489 e. The monoisotopic (exact) mass is 672 g/mol. The third kappa shape index (κ3) is 8.80. The second-order valence-corrected chi connectivity index (χ2v) is 11.7. The molecule has 5 rings (SSSR count). The minimum atomic E-state index is -4.78. The van der Waals surface area contributed by atoms with Crippen molar-refractivity contribution in [2.75, 3.05) is 16.0 Å². The van der Waals surface area contributed by atoms with Crippen molar-refractivity contribution in [3.63, 3.8) is 0 Å². The fraction of sp³-hybridized carbons (Fsp3) is 0.312. The molecule has 1 fully saturated rings. The average Bonchev–Trinajstić information content (AvgIpc) is 3.64. The zero-order chi connectivity index (χ0) is 33.7. The van der Waals surface area contributed by atoms with Crippen LogP contribution in [-0.2, 0) is 17.6 Å². The molecule has 2 atom stereocenters. The maximum atomic E-state index is 15.0. The summed E-state index contributed by atoms with van der Waals surface area (Å²) in [5, 5.41) is 17.9.